The van der Waals surface area contributed by atoms with Crippen molar-refractivity contribution in [2.75, 3.05) is 0 Å². The van der Waals surface area contributed by atoms with Crippen LogP contribution in [0.5, 0.6) is 0 Å². The molecule has 76 valence electrons. The second kappa shape index (κ2) is 4.76. The van der Waals surface area contributed by atoms with Gasteiger partial charge in [0.2, 0.25) is 0 Å². The Balaban J connectivity index is 2.46. The molecule has 0 saturated heterocycles. The van der Waals surface area contributed by atoms with Gasteiger partial charge >= 0.3 is 6.03 Å². The average molecular weight is 212 g/mol. The number of rotatable bonds is 2. The highest BCUT2D eigenvalue weighted by Crippen LogP contribution is 2.07. The third-order valence-electron chi connectivity index (χ3n) is 1.39. The summed E-state index contributed by atoms with van der Waals surface area (Å²) in [4.78, 5) is 23.0. The van der Waals surface area contributed by atoms with Gasteiger partial charge in [-0.2, -0.15) is 0 Å². The molecule has 4 nitrogen and oxygen atoms in total. The second-order valence-corrected chi connectivity index (χ2v) is 4.01. The van der Waals surface area contributed by atoms with Crippen molar-refractivity contribution in [3.63, 3.8) is 0 Å². The molecular weight excluding hydrogens is 200 g/mol. The molecule has 14 heavy (non-hydrogen) atoms. The van der Waals surface area contributed by atoms with Gasteiger partial charge in [-0.15, -0.1) is 11.3 Å². The molecule has 0 atom stereocenters. The van der Waals surface area contributed by atoms with Gasteiger partial charge in [0.15, 0.2) is 0 Å². The molecule has 0 unspecified atom stereocenters. The summed E-state index contributed by atoms with van der Waals surface area (Å²) >= 11 is 1.30. The van der Waals surface area contributed by atoms with Crippen LogP contribution in [-0.4, -0.2) is 18.0 Å². The first kappa shape index (κ1) is 10.7. The van der Waals surface area contributed by atoms with Crippen molar-refractivity contribution in [1.29, 1.82) is 0 Å². The van der Waals surface area contributed by atoms with E-state index < -0.39 is 6.03 Å². The van der Waals surface area contributed by atoms with Crippen LogP contribution < -0.4 is 10.6 Å². The Morgan fingerprint density at radius 2 is 2.14 bits per heavy atom. The molecule has 0 saturated carbocycles. The number of amides is 3. The van der Waals surface area contributed by atoms with Gasteiger partial charge in [-0.1, -0.05) is 6.07 Å². The highest BCUT2D eigenvalue weighted by atomic mass is 32.1. The highest BCUT2D eigenvalue weighted by molar-refractivity contribution is 7.12. The van der Waals surface area contributed by atoms with Crippen LogP contribution in [0.3, 0.4) is 0 Å². The maximum Gasteiger partial charge on any atom is 0.321 e. The van der Waals surface area contributed by atoms with Crippen LogP contribution in [0.2, 0.25) is 0 Å². The number of hydrogen-bond acceptors (Lipinski definition) is 3. The van der Waals surface area contributed by atoms with E-state index in [-0.39, 0.29) is 11.9 Å². The molecular formula is C9H12N2O2S. The summed E-state index contributed by atoms with van der Waals surface area (Å²) in [5.41, 5.74) is 0. The van der Waals surface area contributed by atoms with Crippen molar-refractivity contribution >= 4 is 23.3 Å². The first-order chi connectivity index (χ1) is 6.59. The monoisotopic (exact) mass is 212 g/mol. The number of nitrogens with one attached hydrogen (secondary N) is 2. The van der Waals surface area contributed by atoms with Crippen molar-refractivity contribution in [3.05, 3.63) is 22.4 Å². The van der Waals surface area contributed by atoms with Crippen LogP contribution in [0, 0.1) is 0 Å². The largest absolute Gasteiger partial charge is 0.336 e. The van der Waals surface area contributed by atoms with Crippen LogP contribution in [0.25, 0.3) is 0 Å². The van der Waals surface area contributed by atoms with E-state index in [1.165, 1.54) is 11.3 Å². The number of carbonyl (C=O) groups excluding carboxylic acids is 2. The molecule has 0 fully saturated rings. The lowest BCUT2D eigenvalue weighted by Crippen LogP contribution is -2.42. The molecule has 0 aliphatic heterocycles. The van der Waals surface area contributed by atoms with Gasteiger partial charge in [-0.3, -0.25) is 10.1 Å². The first-order valence-corrected chi connectivity index (χ1v) is 5.13. The molecule has 1 aromatic rings. The molecule has 0 radical (unpaired) electrons. The maximum atomic E-state index is 11.3. The van der Waals surface area contributed by atoms with Crippen LogP contribution in [-0.2, 0) is 0 Å². The fraction of sp³-hybridized carbons (Fsp3) is 0.333. The first-order valence-electron chi connectivity index (χ1n) is 4.25. The van der Waals surface area contributed by atoms with E-state index in [2.05, 4.69) is 10.6 Å². The molecule has 5 heteroatoms. The van der Waals surface area contributed by atoms with E-state index in [4.69, 9.17) is 0 Å². The van der Waals surface area contributed by atoms with Crippen LogP contribution in [0.4, 0.5) is 4.79 Å². The summed E-state index contributed by atoms with van der Waals surface area (Å²) in [6, 6.07) is 2.99. The normalized spacial score (nSPS) is 9.93. The zero-order chi connectivity index (χ0) is 10.6. The van der Waals surface area contributed by atoms with Gasteiger partial charge in [0.05, 0.1) is 4.88 Å². The standard InChI is InChI=1S/C9H12N2O2S/c1-6(2)10-9(13)11-8(12)7-4-3-5-14-7/h3-6H,1-2H3,(H2,10,11,12,13). The van der Waals surface area contributed by atoms with E-state index in [0.29, 0.717) is 4.88 Å². The van der Waals surface area contributed by atoms with Crippen molar-refractivity contribution in [1.82, 2.24) is 10.6 Å². The Bertz CT molecular complexity index is 320. The number of carbonyl (C=O) groups is 2. The summed E-state index contributed by atoms with van der Waals surface area (Å²) in [6.07, 6.45) is 0. The minimum absolute atomic E-state index is 0.0196. The van der Waals surface area contributed by atoms with Crippen LogP contribution in [0.15, 0.2) is 17.5 Å². The Morgan fingerprint density at radius 3 is 2.64 bits per heavy atom. The zero-order valence-electron chi connectivity index (χ0n) is 8.03. The lowest BCUT2D eigenvalue weighted by Gasteiger charge is -2.07. The zero-order valence-corrected chi connectivity index (χ0v) is 8.85. The Morgan fingerprint density at radius 1 is 1.43 bits per heavy atom. The maximum absolute atomic E-state index is 11.3. The lowest BCUT2D eigenvalue weighted by atomic mass is 10.4. The van der Waals surface area contributed by atoms with Gasteiger partial charge in [0.25, 0.3) is 5.91 Å². The fourth-order valence-electron chi connectivity index (χ4n) is 0.871. The Hall–Kier alpha value is -1.36. The highest BCUT2D eigenvalue weighted by Gasteiger charge is 2.10. The van der Waals surface area contributed by atoms with Gasteiger partial charge in [-0.25, -0.2) is 4.79 Å². The minimum atomic E-state index is -0.460. The SMILES string of the molecule is CC(C)NC(=O)NC(=O)c1cccs1. The fourth-order valence-corrected chi connectivity index (χ4v) is 1.49. The molecule has 1 rings (SSSR count). The molecule has 2 N–H and O–H groups in total. The third-order valence-corrected chi connectivity index (χ3v) is 2.26. The smallest absolute Gasteiger partial charge is 0.321 e. The van der Waals surface area contributed by atoms with E-state index in [9.17, 15) is 9.59 Å². The molecule has 0 bridgehead atoms. The molecule has 0 aliphatic rings. The summed E-state index contributed by atoms with van der Waals surface area (Å²) in [5, 5.41) is 6.59. The van der Waals surface area contributed by atoms with Crippen molar-refractivity contribution < 1.29 is 9.59 Å². The van der Waals surface area contributed by atoms with E-state index in [1.807, 2.05) is 13.8 Å². The Kier molecular flexibility index (Phi) is 3.64. The molecule has 3 amide bonds. The molecule has 1 heterocycles. The summed E-state index contributed by atoms with van der Waals surface area (Å²) < 4.78 is 0. The van der Waals surface area contributed by atoms with Crippen molar-refractivity contribution in [2.45, 2.75) is 19.9 Å². The van der Waals surface area contributed by atoms with E-state index in [1.54, 1.807) is 17.5 Å². The predicted molar refractivity (Wildman–Crippen MR) is 55.5 cm³/mol. The van der Waals surface area contributed by atoms with Crippen LogP contribution >= 0.6 is 11.3 Å². The van der Waals surface area contributed by atoms with Gasteiger partial charge < -0.3 is 5.32 Å². The van der Waals surface area contributed by atoms with E-state index in [0.717, 1.165) is 0 Å². The quantitative estimate of drug-likeness (QED) is 0.782. The van der Waals surface area contributed by atoms with Crippen molar-refractivity contribution in [2.24, 2.45) is 0 Å². The number of urea groups is 1. The molecule has 0 aromatic carbocycles. The average Bonchev–Trinajstić information content (AvgIpc) is 2.53. The topological polar surface area (TPSA) is 58.2 Å². The second-order valence-electron chi connectivity index (χ2n) is 3.06. The molecule has 1 aromatic heterocycles. The summed E-state index contributed by atoms with van der Waals surface area (Å²) in [5.74, 6) is -0.363. The van der Waals surface area contributed by atoms with E-state index >= 15 is 0 Å². The summed E-state index contributed by atoms with van der Waals surface area (Å²) in [6.45, 7) is 3.66. The molecule has 0 spiro atoms. The van der Waals surface area contributed by atoms with Crippen LogP contribution in [0.1, 0.15) is 23.5 Å². The number of thiophene rings is 1. The predicted octanol–water partition coefficient (Wildman–Crippen LogP) is 1.60. The van der Waals surface area contributed by atoms with Crippen molar-refractivity contribution in [3.8, 4) is 0 Å². The van der Waals surface area contributed by atoms with Gasteiger partial charge in [-0.05, 0) is 25.3 Å². The summed E-state index contributed by atoms with van der Waals surface area (Å²) in [7, 11) is 0. The Labute approximate surface area is 86.3 Å². The van der Waals surface area contributed by atoms with Gasteiger partial charge in [0, 0.05) is 6.04 Å². The van der Waals surface area contributed by atoms with Gasteiger partial charge in [0.1, 0.15) is 0 Å². The number of hydrogen-bond donors (Lipinski definition) is 2. The molecule has 0 aliphatic carbocycles. The lowest BCUT2D eigenvalue weighted by molar-refractivity contribution is 0.0967. The third kappa shape index (κ3) is 3.18. The number of imide groups is 1. The minimum Gasteiger partial charge on any atom is -0.336 e.